The number of hydrogen-bond donors (Lipinski definition) is 2. The van der Waals surface area contributed by atoms with Gasteiger partial charge in [0.05, 0.1) is 13.1 Å². The van der Waals surface area contributed by atoms with E-state index in [0.29, 0.717) is 18.2 Å². The maximum atomic E-state index is 5.16. The average molecular weight is 304 g/mol. The summed E-state index contributed by atoms with van der Waals surface area (Å²) in [5.74, 6) is 12.2. The van der Waals surface area contributed by atoms with Crippen molar-refractivity contribution in [3.05, 3.63) is 71.8 Å². The first-order chi connectivity index (χ1) is 10.8. The van der Waals surface area contributed by atoms with Crippen LogP contribution in [0.15, 0.2) is 60.7 Å². The Morgan fingerprint density at radius 2 is 1.14 bits per heavy atom. The number of thiocarbonyl (C=S) groups is 1. The van der Waals surface area contributed by atoms with E-state index in [2.05, 4.69) is 34.3 Å². The van der Waals surface area contributed by atoms with Crippen LogP contribution in [0.1, 0.15) is 11.1 Å². The Labute approximate surface area is 137 Å². The second-order valence-corrected chi connectivity index (χ2v) is 4.78. The number of nitrogens with one attached hydrogen (secondary N) is 2. The average Bonchev–Trinajstić information content (AvgIpc) is 2.57. The van der Waals surface area contributed by atoms with Crippen molar-refractivity contribution in [3.8, 4) is 23.7 Å². The highest BCUT2D eigenvalue weighted by atomic mass is 32.1. The molecule has 2 rings (SSSR count). The molecule has 0 aliphatic rings. The van der Waals surface area contributed by atoms with Crippen molar-refractivity contribution in [2.45, 2.75) is 0 Å². The van der Waals surface area contributed by atoms with Crippen LogP contribution in [0.4, 0.5) is 0 Å². The van der Waals surface area contributed by atoms with Crippen molar-refractivity contribution >= 4 is 17.3 Å². The van der Waals surface area contributed by atoms with Crippen LogP contribution in [0.25, 0.3) is 0 Å². The summed E-state index contributed by atoms with van der Waals surface area (Å²) in [5.41, 5.74) is 1.99. The van der Waals surface area contributed by atoms with Crippen LogP contribution in [0.3, 0.4) is 0 Å². The fourth-order valence-electron chi connectivity index (χ4n) is 1.65. The van der Waals surface area contributed by atoms with Gasteiger partial charge in [-0.25, -0.2) is 0 Å². The van der Waals surface area contributed by atoms with E-state index in [4.69, 9.17) is 12.2 Å². The van der Waals surface area contributed by atoms with Crippen LogP contribution in [-0.2, 0) is 0 Å². The molecule has 0 aliphatic heterocycles. The first-order valence-electron chi connectivity index (χ1n) is 6.94. The van der Waals surface area contributed by atoms with Gasteiger partial charge in [0.15, 0.2) is 5.11 Å². The zero-order chi connectivity index (χ0) is 15.5. The molecule has 0 aliphatic carbocycles. The van der Waals surface area contributed by atoms with Gasteiger partial charge in [-0.2, -0.15) is 0 Å². The quantitative estimate of drug-likeness (QED) is 0.659. The summed E-state index contributed by atoms with van der Waals surface area (Å²) in [7, 11) is 0. The molecule has 0 bridgehead atoms. The van der Waals surface area contributed by atoms with E-state index in [1.165, 1.54) is 0 Å². The Hall–Kier alpha value is -2.75. The largest absolute Gasteiger partial charge is 0.352 e. The zero-order valence-electron chi connectivity index (χ0n) is 12.1. The molecule has 108 valence electrons. The van der Waals surface area contributed by atoms with Crippen molar-refractivity contribution in [3.63, 3.8) is 0 Å². The molecule has 3 heteroatoms. The molecule has 0 radical (unpaired) electrons. The molecule has 0 amide bonds. The number of hydrogen-bond acceptors (Lipinski definition) is 1. The molecule has 2 aromatic rings. The summed E-state index contributed by atoms with van der Waals surface area (Å²) in [6.45, 7) is 1.01. The molecule has 0 fully saturated rings. The fourth-order valence-corrected chi connectivity index (χ4v) is 1.79. The molecule has 22 heavy (non-hydrogen) atoms. The Balaban J connectivity index is 1.67. The molecular formula is C19H16N2S. The number of benzene rings is 2. The van der Waals surface area contributed by atoms with Gasteiger partial charge in [0, 0.05) is 11.1 Å². The summed E-state index contributed by atoms with van der Waals surface area (Å²) >= 11 is 5.16. The lowest BCUT2D eigenvalue weighted by Crippen LogP contribution is -2.35. The van der Waals surface area contributed by atoms with Gasteiger partial charge in [-0.3, -0.25) is 0 Å². The first kappa shape index (κ1) is 15.6. The molecule has 0 saturated heterocycles. The summed E-state index contributed by atoms with van der Waals surface area (Å²) in [5, 5.41) is 6.62. The molecule has 0 heterocycles. The molecule has 0 atom stereocenters. The summed E-state index contributed by atoms with van der Waals surface area (Å²) in [6.07, 6.45) is 0. The van der Waals surface area contributed by atoms with E-state index in [0.717, 1.165) is 11.1 Å². The van der Waals surface area contributed by atoms with Gasteiger partial charge in [-0.05, 0) is 36.5 Å². The second kappa shape index (κ2) is 9.23. The monoisotopic (exact) mass is 304 g/mol. The fraction of sp³-hybridized carbons (Fsp3) is 0.105. The summed E-state index contributed by atoms with van der Waals surface area (Å²) in [6, 6.07) is 19.7. The Bertz CT molecular complexity index is 653. The highest BCUT2D eigenvalue weighted by Gasteiger charge is 1.89. The third-order valence-electron chi connectivity index (χ3n) is 2.69. The third kappa shape index (κ3) is 6.13. The van der Waals surface area contributed by atoms with Gasteiger partial charge in [-0.15, -0.1) is 0 Å². The Morgan fingerprint density at radius 1 is 0.727 bits per heavy atom. The van der Waals surface area contributed by atoms with E-state index in [1.807, 2.05) is 60.7 Å². The maximum absolute atomic E-state index is 5.16. The lowest BCUT2D eigenvalue weighted by molar-refractivity contribution is 0.968. The van der Waals surface area contributed by atoms with Crippen LogP contribution in [0.5, 0.6) is 0 Å². The first-order valence-corrected chi connectivity index (χ1v) is 7.35. The van der Waals surface area contributed by atoms with Crippen molar-refractivity contribution < 1.29 is 0 Å². The lowest BCUT2D eigenvalue weighted by Gasteiger charge is -2.04. The molecular weight excluding hydrogens is 288 g/mol. The highest BCUT2D eigenvalue weighted by Crippen LogP contribution is 1.94. The van der Waals surface area contributed by atoms with E-state index >= 15 is 0 Å². The van der Waals surface area contributed by atoms with E-state index in [1.54, 1.807) is 0 Å². The topological polar surface area (TPSA) is 24.1 Å². The molecule has 0 unspecified atom stereocenters. The standard InChI is InChI=1S/C19H16N2S/c22-19(20-15-7-13-17-9-3-1-4-10-17)21-16-8-14-18-11-5-2-6-12-18/h1-6,9-12H,15-16H2,(H2,20,21,22). The van der Waals surface area contributed by atoms with Crippen molar-refractivity contribution in [2.24, 2.45) is 0 Å². The van der Waals surface area contributed by atoms with Crippen LogP contribution in [0, 0.1) is 23.7 Å². The van der Waals surface area contributed by atoms with Crippen molar-refractivity contribution in [1.29, 1.82) is 0 Å². The van der Waals surface area contributed by atoms with Crippen LogP contribution in [-0.4, -0.2) is 18.2 Å². The minimum atomic E-state index is 0.507. The smallest absolute Gasteiger partial charge is 0.167 e. The molecule has 0 spiro atoms. The predicted octanol–water partition coefficient (Wildman–Crippen LogP) is 2.55. The molecule has 0 saturated carbocycles. The Kier molecular flexibility index (Phi) is 6.56. The predicted molar refractivity (Wildman–Crippen MR) is 95.2 cm³/mol. The van der Waals surface area contributed by atoms with Crippen LogP contribution >= 0.6 is 12.2 Å². The van der Waals surface area contributed by atoms with Crippen LogP contribution in [0.2, 0.25) is 0 Å². The SMILES string of the molecule is S=C(NCC#Cc1ccccc1)NCC#Cc1ccccc1. The van der Waals surface area contributed by atoms with Gasteiger partial charge in [0.1, 0.15) is 0 Å². The minimum absolute atomic E-state index is 0.507. The van der Waals surface area contributed by atoms with Crippen LogP contribution < -0.4 is 10.6 Å². The summed E-state index contributed by atoms with van der Waals surface area (Å²) < 4.78 is 0. The highest BCUT2D eigenvalue weighted by molar-refractivity contribution is 7.80. The zero-order valence-corrected chi connectivity index (χ0v) is 12.9. The van der Waals surface area contributed by atoms with Gasteiger partial charge in [-0.1, -0.05) is 60.1 Å². The Morgan fingerprint density at radius 3 is 1.55 bits per heavy atom. The molecule has 0 aromatic heterocycles. The summed E-state index contributed by atoms with van der Waals surface area (Å²) in [4.78, 5) is 0. The lowest BCUT2D eigenvalue weighted by atomic mass is 10.2. The van der Waals surface area contributed by atoms with Crippen molar-refractivity contribution in [2.75, 3.05) is 13.1 Å². The molecule has 2 N–H and O–H groups in total. The second-order valence-electron chi connectivity index (χ2n) is 4.37. The van der Waals surface area contributed by atoms with Gasteiger partial charge in [0.2, 0.25) is 0 Å². The van der Waals surface area contributed by atoms with Crippen molar-refractivity contribution in [1.82, 2.24) is 10.6 Å². The van der Waals surface area contributed by atoms with E-state index < -0.39 is 0 Å². The minimum Gasteiger partial charge on any atom is -0.352 e. The number of rotatable bonds is 2. The third-order valence-corrected chi connectivity index (χ3v) is 2.98. The van der Waals surface area contributed by atoms with E-state index in [9.17, 15) is 0 Å². The molecule has 2 nitrogen and oxygen atoms in total. The van der Waals surface area contributed by atoms with E-state index in [-0.39, 0.29) is 0 Å². The maximum Gasteiger partial charge on any atom is 0.167 e. The normalized spacial score (nSPS) is 8.73. The van der Waals surface area contributed by atoms with Gasteiger partial charge >= 0.3 is 0 Å². The van der Waals surface area contributed by atoms with Gasteiger partial charge in [0.25, 0.3) is 0 Å². The molecule has 2 aromatic carbocycles. The van der Waals surface area contributed by atoms with Gasteiger partial charge < -0.3 is 10.6 Å².